The molecule has 114 valence electrons. The SMILES string of the molecule is CCN1CCC(N[C@@H]2C[C@H]2/C(C)=C/c2ccccc2)CC1. The third kappa shape index (κ3) is 3.96. The Bertz CT molecular complexity index is 472. The van der Waals surface area contributed by atoms with Gasteiger partial charge in [-0.2, -0.15) is 0 Å². The highest BCUT2D eigenvalue weighted by Gasteiger charge is 2.39. The number of rotatable bonds is 5. The predicted octanol–water partition coefficient (Wildman–Crippen LogP) is 3.55. The van der Waals surface area contributed by atoms with Crippen molar-refractivity contribution in [3.8, 4) is 0 Å². The summed E-state index contributed by atoms with van der Waals surface area (Å²) in [6.45, 7) is 8.30. The van der Waals surface area contributed by atoms with E-state index in [0.717, 1.165) is 18.0 Å². The maximum absolute atomic E-state index is 3.89. The number of hydrogen-bond acceptors (Lipinski definition) is 2. The first-order valence-electron chi connectivity index (χ1n) is 8.48. The second-order valence-electron chi connectivity index (χ2n) is 6.62. The van der Waals surface area contributed by atoms with Crippen LogP contribution in [0, 0.1) is 5.92 Å². The van der Waals surface area contributed by atoms with E-state index in [0.29, 0.717) is 0 Å². The molecule has 0 spiro atoms. The van der Waals surface area contributed by atoms with Crippen LogP contribution in [0.15, 0.2) is 35.9 Å². The highest BCUT2D eigenvalue weighted by atomic mass is 15.1. The van der Waals surface area contributed by atoms with E-state index in [1.54, 1.807) is 0 Å². The van der Waals surface area contributed by atoms with Crippen LogP contribution in [0.1, 0.15) is 38.7 Å². The normalized spacial score (nSPS) is 27.8. The van der Waals surface area contributed by atoms with Gasteiger partial charge < -0.3 is 10.2 Å². The summed E-state index contributed by atoms with van der Waals surface area (Å²) in [5, 5.41) is 3.89. The van der Waals surface area contributed by atoms with Gasteiger partial charge in [0.25, 0.3) is 0 Å². The van der Waals surface area contributed by atoms with Crippen LogP contribution < -0.4 is 5.32 Å². The molecule has 21 heavy (non-hydrogen) atoms. The predicted molar refractivity (Wildman–Crippen MR) is 90.3 cm³/mol. The van der Waals surface area contributed by atoms with Crippen LogP contribution in [0.3, 0.4) is 0 Å². The van der Waals surface area contributed by atoms with Gasteiger partial charge in [-0.1, -0.05) is 48.9 Å². The van der Waals surface area contributed by atoms with Gasteiger partial charge in [0.05, 0.1) is 0 Å². The summed E-state index contributed by atoms with van der Waals surface area (Å²) in [6.07, 6.45) is 6.31. The molecule has 1 aliphatic heterocycles. The smallest absolute Gasteiger partial charge is 0.0142 e. The number of piperidine rings is 1. The molecule has 3 rings (SSSR count). The highest BCUT2D eigenvalue weighted by Crippen LogP contribution is 2.38. The summed E-state index contributed by atoms with van der Waals surface area (Å²) in [5.74, 6) is 0.759. The summed E-state index contributed by atoms with van der Waals surface area (Å²) in [7, 11) is 0. The lowest BCUT2D eigenvalue weighted by Gasteiger charge is -2.31. The Hall–Kier alpha value is -1.12. The van der Waals surface area contributed by atoms with Crippen LogP contribution >= 0.6 is 0 Å². The number of benzene rings is 1. The average molecular weight is 284 g/mol. The first kappa shape index (κ1) is 14.8. The number of likely N-dealkylation sites (tertiary alicyclic amines) is 1. The van der Waals surface area contributed by atoms with Crippen LogP contribution in [-0.4, -0.2) is 36.6 Å². The van der Waals surface area contributed by atoms with Crippen molar-refractivity contribution in [1.82, 2.24) is 10.2 Å². The molecule has 1 N–H and O–H groups in total. The van der Waals surface area contributed by atoms with Gasteiger partial charge in [0.2, 0.25) is 0 Å². The Labute approximate surface area is 129 Å². The lowest BCUT2D eigenvalue weighted by molar-refractivity contribution is 0.205. The molecular weight excluding hydrogens is 256 g/mol. The first-order valence-corrected chi connectivity index (χ1v) is 8.48. The molecule has 0 aromatic heterocycles. The van der Waals surface area contributed by atoms with Crippen LogP contribution in [-0.2, 0) is 0 Å². The van der Waals surface area contributed by atoms with E-state index in [-0.39, 0.29) is 0 Å². The molecule has 0 radical (unpaired) electrons. The van der Waals surface area contributed by atoms with Crippen molar-refractivity contribution in [2.75, 3.05) is 19.6 Å². The quantitative estimate of drug-likeness (QED) is 0.889. The van der Waals surface area contributed by atoms with Gasteiger partial charge in [-0.25, -0.2) is 0 Å². The molecule has 1 heterocycles. The molecule has 1 saturated heterocycles. The van der Waals surface area contributed by atoms with Crippen LogP contribution in [0.25, 0.3) is 6.08 Å². The Morgan fingerprint density at radius 1 is 1.24 bits per heavy atom. The van der Waals surface area contributed by atoms with Crippen molar-refractivity contribution in [3.63, 3.8) is 0 Å². The van der Waals surface area contributed by atoms with E-state index in [9.17, 15) is 0 Å². The molecule has 0 amide bonds. The summed E-state index contributed by atoms with van der Waals surface area (Å²) in [4.78, 5) is 2.56. The van der Waals surface area contributed by atoms with Crippen molar-refractivity contribution in [2.45, 2.75) is 45.2 Å². The van der Waals surface area contributed by atoms with E-state index in [2.05, 4.69) is 60.5 Å². The highest BCUT2D eigenvalue weighted by molar-refractivity contribution is 5.53. The number of nitrogens with zero attached hydrogens (tertiary/aromatic N) is 1. The zero-order valence-corrected chi connectivity index (χ0v) is 13.4. The Morgan fingerprint density at radius 2 is 1.95 bits per heavy atom. The molecule has 1 aromatic carbocycles. The van der Waals surface area contributed by atoms with Gasteiger partial charge in [0.1, 0.15) is 0 Å². The monoisotopic (exact) mass is 284 g/mol. The Balaban J connectivity index is 1.47. The molecular formula is C19H28N2. The maximum atomic E-state index is 3.89. The average Bonchev–Trinajstić information content (AvgIpc) is 3.28. The van der Waals surface area contributed by atoms with E-state index in [1.165, 1.54) is 50.0 Å². The molecule has 1 aliphatic carbocycles. The molecule has 1 aromatic rings. The molecule has 1 saturated carbocycles. The number of nitrogens with one attached hydrogen (secondary N) is 1. The summed E-state index contributed by atoms with van der Waals surface area (Å²) < 4.78 is 0. The molecule has 0 unspecified atom stereocenters. The van der Waals surface area contributed by atoms with Gasteiger partial charge in [0.15, 0.2) is 0 Å². The molecule has 2 atom stereocenters. The fourth-order valence-electron chi connectivity index (χ4n) is 3.52. The fourth-order valence-corrected chi connectivity index (χ4v) is 3.52. The lowest BCUT2D eigenvalue weighted by Crippen LogP contribution is -2.43. The minimum absolute atomic E-state index is 0.725. The van der Waals surface area contributed by atoms with Gasteiger partial charge in [-0.3, -0.25) is 0 Å². The summed E-state index contributed by atoms with van der Waals surface area (Å²) in [5.41, 5.74) is 2.86. The zero-order valence-electron chi connectivity index (χ0n) is 13.4. The van der Waals surface area contributed by atoms with E-state index < -0.39 is 0 Å². The van der Waals surface area contributed by atoms with Gasteiger partial charge in [-0.15, -0.1) is 0 Å². The molecule has 2 heteroatoms. The molecule has 2 aliphatic rings. The van der Waals surface area contributed by atoms with Crippen molar-refractivity contribution >= 4 is 6.08 Å². The second-order valence-corrected chi connectivity index (χ2v) is 6.62. The van der Waals surface area contributed by atoms with Crippen molar-refractivity contribution in [1.29, 1.82) is 0 Å². The molecule has 2 fully saturated rings. The fraction of sp³-hybridized carbons (Fsp3) is 0.579. The van der Waals surface area contributed by atoms with Crippen molar-refractivity contribution < 1.29 is 0 Å². The van der Waals surface area contributed by atoms with Gasteiger partial charge >= 0.3 is 0 Å². The van der Waals surface area contributed by atoms with Crippen molar-refractivity contribution in [2.24, 2.45) is 5.92 Å². The Kier molecular flexibility index (Phi) is 4.77. The lowest BCUT2D eigenvalue weighted by atomic mass is 10.0. The second kappa shape index (κ2) is 6.76. The van der Waals surface area contributed by atoms with Gasteiger partial charge in [-0.05, 0) is 57.3 Å². The molecule has 0 bridgehead atoms. The largest absolute Gasteiger partial charge is 0.311 e. The number of hydrogen-bond donors (Lipinski definition) is 1. The minimum Gasteiger partial charge on any atom is -0.311 e. The zero-order chi connectivity index (χ0) is 14.7. The standard InChI is InChI=1S/C19H28N2/c1-3-21-11-9-17(10-12-21)20-19-14-18(19)15(2)13-16-7-5-4-6-8-16/h4-8,13,17-20H,3,9-12,14H2,1-2H3/b15-13+/t18-,19+/m0/s1. The van der Waals surface area contributed by atoms with Crippen molar-refractivity contribution in [3.05, 3.63) is 41.5 Å². The van der Waals surface area contributed by atoms with E-state index in [1.807, 2.05) is 0 Å². The first-order chi connectivity index (χ1) is 10.3. The third-order valence-electron chi connectivity index (χ3n) is 5.05. The topological polar surface area (TPSA) is 15.3 Å². The van der Waals surface area contributed by atoms with Crippen LogP contribution in [0.2, 0.25) is 0 Å². The van der Waals surface area contributed by atoms with E-state index >= 15 is 0 Å². The Morgan fingerprint density at radius 3 is 2.62 bits per heavy atom. The van der Waals surface area contributed by atoms with Gasteiger partial charge in [0, 0.05) is 12.1 Å². The van der Waals surface area contributed by atoms with Crippen LogP contribution in [0.4, 0.5) is 0 Å². The van der Waals surface area contributed by atoms with Crippen LogP contribution in [0.5, 0.6) is 0 Å². The third-order valence-corrected chi connectivity index (χ3v) is 5.05. The summed E-state index contributed by atoms with van der Waals surface area (Å²) in [6, 6.07) is 12.2. The maximum Gasteiger partial charge on any atom is 0.0142 e. The van der Waals surface area contributed by atoms with E-state index in [4.69, 9.17) is 0 Å². The molecule has 2 nitrogen and oxygen atoms in total. The summed E-state index contributed by atoms with van der Waals surface area (Å²) >= 11 is 0. The minimum atomic E-state index is 0.725.